The first-order valence-electron chi connectivity index (χ1n) is 5.43. The predicted octanol–water partition coefficient (Wildman–Crippen LogP) is 1.48. The van der Waals surface area contributed by atoms with Crippen molar-refractivity contribution in [2.24, 2.45) is 0 Å². The van der Waals surface area contributed by atoms with Gasteiger partial charge in [0.05, 0.1) is 13.2 Å². The first-order chi connectivity index (χ1) is 8.13. The van der Waals surface area contributed by atoms with Crippen LogP contribution in [-0.2, 0) is 9.53 Å². The number of aryl methyl sites for hydroxylation is 1. The quantitative estimate of drug-likeness (QED) is 0.900. The van der Waals surface area contributed by atoms with Crippen LogP contribution in [0.25, 0.3) is 0 Å². The molecule has 1 aliphatic rings. The van der Waals surface area contributed by atoms with Gasteiger partial charge in [0.25, 0.3) is 5.91 Å². The normalized spacial score (nSPS) is 20.8. The third kappa shape index (κ3) is 2.51. The number of nitrogens with zero attached hydrogens (tertiary/aromatic N) is 1. The third-order valence-electron chi connectivity index (χ3n) is 2.79. The van der Waals surface area contributed by atoms with E-state index in [4.69, 9.17) is 9.84 Å². The molecule has 5 heteroatoms. The molecule has 1 aliphatic heterocycles. The molecular formula is C12H14BrNO3. The fourth-order valence-electron chi connectivity index (χ4n) is 1.93. The van der Waals surface area contributed by atoms with E-state index in [1.807, 2.05) is 25.1 Å². The van der Waals surface area contributed by atoms with Gasteiger partial charge in [-0.3, -0.25) is 4.79 Å². The minimum Gasteiger partial charge on any atom is -0.393 e. The van der Waals surface area contributed by atoms with Crippen LogP contribution < -0.4 is 4.90 Å². The average Bonchev–Trinajstić information content (AvgIpc) is 2.30. The van der Waals surface area contributed by atoms with Gasteiger partial charge in [-0.1, -0.05) is 15.9 Å². The van der Waals surface area contributed by atoms with Crippen LogP contribution in [0.1, 0.15) is 5.56 Å². The van der Waals surface area contributed by atoms with E-state index in [0.29, 0.717) is 13.2 Å². The highest BCUT2D eigenvalue weighted by molar-refractivity contribution is 9.10. The van der Waals surface area contributed by atoms with Crippen LogP contribution in [0.5, 0.6) is 0 Å². The van der Waals surface area contributed by atoms with Crippen LogP contribution in [0.15, 0.2) is 22.7 Å². The Labute approximate surface area is 108 Å². The van der Waals surface area contributed by atoms with Gasteiger partial charge < -0.3 is 14.7 Å². The third-order valence-corrected chi connectivity index (χ3v) is 3.28. The summed E-state index contributed by atoms with van der Waals surface area (Å²) in [5.74, 6) is -0.177. The topological polar surface area (TPSA) is 49.8 Å². The van der Waals surface area contributed by atoms with Gasteiger partial charge in [-0.25, -0.2) is 0 Å². The SMILES string of the molecule is Cc1cc(Br)ccc1N1CCOC(CO)C1=O. The number of amides is 1. The zero-order valence-corrected chi connectivity index (χ0v) is 11.1. The largest absolute Gasteiger partial charge is 0.393 e. The number of hydrogen-bond acceptors (Lipinski definition) is 3. The second-order valence-corrected chi connectivity index (χ2v) is 4.88. The molecular weight excluding hydrogens is 286 g/mol. The number of ether oxygens (including phenoxy) is 1. The van der Waals surface area contributed by atoms with E-state index in [-0.39, 0.29) is 12.5 Å². The summed E-state index contributed by atoms with van der Waals surface area (Å²) in [6.07, 6.45) is -0.730. The van der Waals surface area contributed by atoms with Crippen molar-refractivity contribution in [1.29, 1.82) is 0 Å². The lowest BCUT2D eigenvalue weighted by molar-refractivity contribution is -0.136. The van der Waals surface area contributed by atoms with Gasteiger partial charge >= 0.3 is 0 Å². The van der Waals surface area contributed by atoms with Crippen LogP contribution in [-0.4, -0.2) is 36.9 Å². The standard InChI is InChI=1S/C12H14BrNO3/c1-8-6-9(13)2-3-10(8)14-4-5-17-11(7-15)12(14)16/h2-3,6,11,15H,4-5,7H2,1H3. The summed E-state index contributed by atoms with van der Waals surface area (Å²) in [5.41, 5.74) is 1.89. The van der Waals surface area contributed by atoms with E-state index < -0.39 is 6.10 Å². The van der Waals surface area contributed by atoms with E-state index in [1.165, 1.54) is 0 Å². The Morgan fingerprint density at radius 2 is 2.35 bits per heavy atom. The lowest BCUT2D eigenvalue weighted by Gasteiger charge is -2.32. The molecule has 1 N–H and O–H groups in total. The molecule has 0 aromatic heterocycles. The van der Waals surface area contributed by atoms with Crippen molar-refractivity contribution in [3.63, 3.8) is 0 Å². The Bertz CT molecular complexity index is 436. The molecule has 0 spiro atoms. The van der Waals surface area contributed by atoms with Crippen LogP contribution in [0.3, 0.4) is 0 Å². The summed E-state index contributed by atoms with van der Waals surface area (Å²) in [5, 5.41) is 9.06. The van der Waals surface area contributed by atoms with Gasteiger partial charge in [-0.2, -0.15) is 0 Å². The molecule has 1 saturated heterocycles. The molecule has 1 unspecified atom stereocenters. The van der Waals surface area contributed by atoms with Gasteiger partial charge in [-0.15, -0.1) is 0 Å². The predicted molar refractivity (Wildman–Crippen MR) is 68.1 cm³/mol. The fraction of sp³-hybridized carbons (Fsp3) is 0.417. The lowest BCUT2D eigenvalue weighted by atomic mass is 10.1. The number of benzene rings is 1. The zero-order chi connectivity index (χ0) is 12.4. The average molecular weight is 300 g/mol. The summed E-state index contributed by atoms with van der Waals surface area (Å²) >= 11 is 3.39. The number of carbonyl (C=O) groups excluding carboxylic acids is 1. The molecule has 1 aromatic rings. The molecule has 0 bridgehead atoms. The molecule has 1 aromatic carbocycles. The number of aliphatic hydroxyl groups is 1. The second-order valence-electron chi connectivity index (χ2n) is 3.96. The number of carbonyl (C=O) groups is 1. The second kappa shape index (κ2) is 5.16. The number of hydrogen-bond donors (Lipinski definition) is 1. The highest BCUT2D eigenvalue weighted by Gasteiger charge is 2.30. The summed E-state index contributed by atoms with van der Waals surface area (Å²) in [6.45, 7) is 2.66. The Morgan fingerprint density at radius 3 is 3.00 bits per heavy atom. The molecule has 2 rings (SSSR count). The number of aliphatic hydroxyl groups excluding tert-OH is 1. The van der Waals surface area contributed by atoms with Crippen LogP contribution in [0.2, 0.25) is 0 Å². The molecule has 17 heavy (non-hydrogen) atoms. The van der Waals surface area contributed by atoms with Gasteiger partial charge in [-0.05, 0) is 30.7 Å². The Balaban J connectivity index is 2.29. The summed E-state index contributed by atoms with van der Waals surface area (Å²) in [7, 11) is 0. The minimum atomic E-state index is -0.730. The van der Waals surface area contributed by atoms with Gasteiger partial charge in [0.1, 0.15) is 0 Å². The number of halogens is 1. The Hall–Kier alpha value is -0.910. The van der Waals surface area contributed by atoms with Crippen LogP contribution in [0.4, 0.5) is 5.69 Å². The van der Waals surface area contributed by atoms with Crippen molar-refractivity contribution in [1.82, 2.24) is 0 Å². The van der Waals surface area contributed by atoms with Crippen molar-refractivity contribution in [3.05, 3.63) is 28.2 Å². The molecule has 4 nitrogen and oxygen atoms in total. The molecule has 1 heterocycles. The van der Waals surface area contributed by atoms with E-state index in [9.17, 15) is 4.79 Å². The fourth-order valence-corrected chi connectivity index (χ4v) is 2.41. The summed E-state index contributed by atoms with van der Waals surface area (Å²) in [4.78, 5) is 13.7. The molecule has 0 aliphatic carbocycles. The van der Waals surface area contributed by atoms with Crippen molar-refractivity contribution in [2.45, 2.75) is 13.0 Å². The minimum absolute atomic E-state index is 0.177. The number of anilines is 1. The van der Waals surface area contributed by atoms with Crippen molar-refractivity contribution >= 4 is 27.5 Å². The highest BCUT2D eigenvalue weighted by Crippen LogP contribution is 2.26. The van der Waals surface area contributed by atoms with E-state index in [1.54, 1.807) is 4.90 Å². The molecule has 1 amide bonds. The van der Waals surface area contributed by atoms with E-state index in [2.05, 4.69) is 15.9 Å². The molecule has 0 radical (unpaired) electrons. The Kier molecular flexibility index (Phi) is 3.81. The maximum Gasteiger partial charge on any atom is 0.258 e. The highest BCUT2D eigenvalue weighted by atomic mass is 79.9. The first-order valence-corrected chi connectivity index (χ1v) is 6.23. The number of morpholine rings is 1. The molecule has 92 valence electrons. The summed E-state index contributed by atoms with van der Waals surface area (Å²) < 4.78 is 6.19. The molecule has 1 fully saturated rings. The van der Waals surface area contributed by atoms with E-state index >= 15 is 0 Å². The monoisotopic (exact) mass is 299 g/mol. The van der Waals surface area contributed by atoms with Crippen molar-refractivity contribution < 1.29 is 14.6 Å². The summed E-state index contributed by atoms with van der Waals surface area (Å²) in [6, 6.07) is 5.77. The molecule has 0 saturated carbocycles. The molecule has 1 atom stereocenters. The van der Waals surface area contributed by atoms with Crippen molar-refractivity contribution in [2.75, 3.05) is 24.7 Å². The number of rotatable bonds is 2. The maximum atomic E-state index is 12.0. The van der Waals surface area contributed by atoms with Gasteiger partial charge in [0.15, 0.2) is 6.10 Å². The van der Waals surface area contributed by atoms with Crippen LogP contribution in [0, 0.1) is 6.92 Å². The van der Waals surface area contributed by atoms with Gasteiger partial charge in [0, 0.05) is 16.7 Å². The van der Waals surface area contributed by atoms with Crippen molar-refractivity contribution in [3.8, 4) is 0 Å². The Morgan fingerprint density at radius 1 is 1.59 bits per heavy atom. The lowest BCUT2D eigenvalue weighted by Crippen LogP contribution is -2.49. The van der Waals surface area contributed by atoms with Gasteiger partial charge in [0.2, 0.25) is 0 Å². The maximum absolute atomic E-state index is 12.0. The zero-order valence-electron chi connectivity index (χ0n) is 9.52. The smallest absolute Gasteiger partial charge is 0.258 e. The van der Waals surface area contributed by atoms with E-state index in [0.717, 1.165) is 15.7 Å². The van der Waals surface area contributed by atoms with Crippen LogP contribution >= 0.6 is 15.9 Å². The first kappa shape index (κ1) is 12.5.